The first-order valence-electron chi connectivity index (χ1n) is 7.32. The zero-order chi connectivity index (χ0) is 19.4. The van der Waals surface area contributed by atoms with E-state index in [0.29, 0.717) is 30.7 Å². The fourth-order valence-electron chi connectivity index (χ4n) is 2.40. The highest BCUT2D eigenvalue weighted by Gasteiger charge is 2.31. The molecule has 0 bridgehead atoms. The van der Waals surface area contributed by atoms with E-state index in [-0.39, 0.29) is 0 Å². The van der Waals surface area contributed by atoms with E-state index >= 15 is 0 Å². The lowest BCUT2D eigenvalue weighted by Crippen LogP contribution is -2.03. The number of nitrogens with one attached hydrogen (secondary N) is 1. The number of halogens is 6. The first kappa shape index (κ1) is 18.0. The van der Waals surface area contributed by atoms with E-state index in [4.69, 9.17) is 0 Å². The van der Waals surface area contributed by atoms with Crippen LogP contribution in [0.3, 0.4) is 0 Å². The van der Waals surface area contributed by atoms with Gasteiger partial charge in [0.05, 0.1) is 31.6 Å². The minimum atomic E-state index is -4.45. The summed E-state index contributed by atoms with van der Waals surface area (Å²) in [6.07, 6.45) is -8.90. The van der Waals surface area contributed by atoms with Crippen LogP contribution in [0.15, 0.2) is 36.4 Å². The summed E-state index contributed by atoms with van der Waals surface area (Å²) in [6, 6.07) is 6.45. The molecule has 0 saturated heterocycles. The molecule has 4 aromatic rings. The molecule has 140 valence electrons. The zero-order valence-corrected chi connectivity index (χ0v) is 14.6. The van der Waals surface area contributed by atoms with Crippen LogP contribution in [0.2, 0.25) is 0 Å². The normalized spacial score (nSPS) is 12.8. The van der Waals surface area contributed by atoms with E-state index in [1.165, 1.54) is 12.1 Å². The molecule has 1 N–H and O–H groups in total. The summed E-state index contributed by atoms with van der Waals surface area (Å²) >= 11 is 2.01. The van der Waals surface area contributed by atoms with Crippen molar-refractivity contribution < 1.29 is 26.3 Å². The Balaban J connectivity index is 1.65. The molecule has 0 aliphatic carbocycles. The van der Waals surface area contributed by atoms with Gasteiger partial charge in [-0.3, -0.25) is 0 Å². The Hall–Kier alpha value is -2.40. The smallest absolute Gasteiger partial charge is 0.307 e. The van der Waals surface area contributed by atoms with Crippen LogP contribution in [0, 0.1) is 0 Å². The average molecular weight is 419 g/mol. The van der Waals surface area contributed by atoms with E-state index in [0.717, 1.165) is 46.9 Å². The van der Waals surface area contributed by atoms with Crippen molar-refractivity contribution in [1.29, 1.82) is 0 Å². The zero-order valence-electron chi connectivity index (χ0n) is 12.9. The lowest BCUT2D eigenvalue weighted by atomic mass is 10.2. The molecule has 0 fully saturated rings. The summed E-state index contributed by atoms with van der Waals surface area (Å²) in [7, 11) is 0. The number of thiazole rings is 2. The van der Waals surface area contributed by atoms with Crippen molar-refractivity contribution in [3.8, 4) is 0 Å². The Morgan fingerprint density at radius 3 is 1.44 bits per heavy atom. The van der Waals surface area contributed by atoms with Crippen LogP contribution in [0.5, 0.6) is 0 Å². The number of hydrogen-bond acceptors (Lipinski definition) is 5. The quantitative estimate of drug-likeness (QED) is 0.368. The number of benzene rings is 2. The number of hydrogen-bond donors (Lipinski definition) is 1. The topological polar surface area (TPSA) is 37.8 Å². The van der Waals surface area contributed by atoms with Crippen LogP contribution < -0.4 is 5.32 Å². The molecule has 0 atom stereocenters. The van der Waals surface area contributed by atoms with Crippen LogP contribution in [-0.2, 0) is 12.4 Å². The number of aromatic nitrogens is 2. The molecular formula is C16H7F6N3S2. The number of fused-ring (bicyclic) bond motifs is 2. The minimum Gasteiger partial charge on any atom is -0.307 e. The molecule has 0 aliphatic rings. The summed E-state index contributed by atoms with van der Waals surface area (Å²) in [6.45, 7) is 0. The number of anilines is 2. The average Bonchev–Trinajstić information content (AvgIpc) is 3.14. The van der Waals surface area contributed by atoms with Gasteiger partial charge in [0.25, 0.3) is 0 Å². The lowest BCUT2D eigenvalue weighted by Gasteiger charge is -2.04. The largest absolute Gasteiger partial charge is 0.416 e. The molecule has 0 saturated carbocycles. The van der Waals surface area contributed by atoms with Crippen LogP contribution in [-0.4, -0.2) is 9.97 Å². The Bertz CT molecular complexity index is 1050. The summed E-state index contributed by atoms with van der Waals surface area (Å²) in [4.78, 5) is 8.37. The van der Waals surface area contributed by atoms with E-state index in [1.807, 2.05) is 0 Å². The predicted octanol–water partition coefficient (Wildman–Crippen LogP) is 6.69. The van der Waals surface area contributed by atoms with Crippen molar-refractivity contribution >= 4 is 53.4 Å². The Morgan fingerprint density at radius 2 is 1.07 bits per heavy atom. The molecule has 27 heavy (non-hydrogen) atoms. The van der Waals surface area contributed by atoms with E-state index < -0.39 is 23.5 Å². The molecule has 0 spiro atoms. The van der Waals surface area contributed by atoms with Gasteiger partial charge in [-0.05, 0) is 36.4 Å². The van der Waals surface area contributed by atoms with Gasteiger partial charge in [-0.2, -0.15) is 26.3 Å². The fraction of sp³-hybridized carbons (Fsp3) is 0.125. The van der Waals surface area contributed by atoms with E-state index in [1.54, 1.807) is 0 Å². The number of nitrogens with zero attached hydrogens (tertiary/aromatic N) is 2. The maximum atomic E-state index is 12.8. The first-order valence-corrected chi connectivity index (χ1v) is 8.95. The van der Waals surface area contributed by atoms with Crippen molar-refractivity contribution in [2.45, 2.75) is 12.4 Å². The standard InChI is InChI=1S/C16H7F6N3S2/c17-15(18,19)7-1-3-9-11(5-7)26-13(23-9)25-14-24-10-4-2-8(16(20,21)22)6-12(10)27-14/h1-6H,(H,23,24,25). The Labute approximate surface area is 155 Å². The monoisotopic (exact) mass is 419 g/mol. The molecule has 2 aromatic carbocycles. The first-order chi connectivity index (χ1) is 12.6. The van der Waals surface area contributed by atoms with Crippen LogP contribution in [0.4, 0.5) is 36.6 Å². The van der Waals surface area contributed by atoms with Crippen LogP contribution in [0.25, 0.3) is 20.4 Å². The second-order valence-corrected chi connectivity index (χ2v) is 7.58. The highest BCUT2D eigenvalue weighted by molar-refractivity contribution is 7.24. The van der Waals surface area contributed by atoms with Gasteiger partial charge in [-0.15, -0.1) is 0 Å². The van der Waals surface area contributed by atoms with Gasteiger partial charge in [-0.1, -0.05) is 22.7 Å². The number of rotatable bonds is 2. The molecule has 11 heteroatoms. The lowest BCUT2D eigenvalue weighted by molar-refractivity contribution is -0.138. The molecule has 0 amide bonds. The fourth-order valence-corrected chi connectivity index (χ4v) is 4.27. The predicted molar refractivity (Wildman–Crippen MR) is 92.5 cm³/mol. The molecule has 2 aromatic heterocycles. The summed E-state index contributed by atoms with van der Waals surface area (Å²) < 4.78 is 77.4. The summed E-state index contributed by atoms with van der Waals surface area (Å²) in [5.41, 5.74) is -0.776. The maximum Gasteiger partial charge on any atom is 0.416 e. The molecule has 3 nitrogen and oxygen atoms in total. The molecule has 0 radical (unpaired) electrons. The molecule has 0 aliphatic heterocycles. The Kier molecular flexibility index (Phi) is 4.04. The van der Waals surface area contributed by atoms with E-state index in [2.05, 4.69) is 15.3 Å². The highest BCUT2D eigenvalue weighted by atomic mass is 32.1. The van der Waals surface area contributed by atoms with Crippen LogP contribution >= 0.6 is 22.7 Å². The van der Waals surface area contributed by atoms with E-state index in [9.17, 15) is 26.3 Å². The van der Waals surface area contributed by atoms with Crippen molar-refractivity contribution in [3.05, 3.63) is 47.5 Å². The Morgan fingerprint density at radius 1 is 0.667 bits per heavy atom. The van der Waals surface area contributed by atoms with Crippen molar-refractivity contribution in [1.82, 2.24) is 9.97 Å². The van der Waals surface area contributed by atoms with Gasteiger partial charge in [0.15, 0.2) is 10.3 Å². The third kappa shape index (κ3) is 3.56. The van der Waals surface area contributed by atoms with Crippen LogP contribution in [0.1, 0.15) is 11.1 Å². The summed E-state index contributed by atoms with van der Waals surface area (Å²) in [5.74, 6) is 0. The maximum absolute atomic E-state index is 12.8. The van der Waals surface area contributed by atoms with Gasteiger partial charge >= 0.3 is 12.4 Å². The second-order valence-electron chi connectivity index (χ2n) is 5.52. The number of alkyl halides is 6. The molecule has 4 rings (SSSR count). The summed E-state index contributed by atoms with van der Waals surface area (Å²) in [5, 5.41) is 3.46. The minimum absolute atomic E-state index is 0.305. The van der Waals surface area contributed by atoms with Crippen molar-refractivity contribution in [2.24, 2.45) is 0 Å². The van der Waals surface area contributed by atoms with Gasteiger partial charge in [0.2, 0.25) is 0 Å². The third-order valence-corrected chi connectivity index (χ3v) is 5.51. The second kappa shape index (κ2) is 6.06. The van der Waals surface area contributed by atoms with Crippen molar-refractivity contribution in [3.63, 3.8) is 0 Å². The van der Waals surface area contributed by atoms with Gasteiger partial charge < -0.3 is 5.32 Å². The SMILES string of the molecule is FC(F)(F)c1ccc2nc(Nc3nc4ccc(C(F)(F)F)cc4s3)sc2c1. The molecular weight excluding hydrogens is 412 g/mol. The van der Waals surface area contributed by atoms with Gasteiger partial charge in [0.1, 0.15) is 0 Å². The third-order valence-electron chi connectivity index (χ3n) is 3.65. The van der Waals surface area contributed by atoms with Gasteiger partial charge in [-0.25, -0.2) is 9.97 Å². The van der Waals surface area contributed by atoms with Gasteiger partial charge in [0, 0.05) is 0 Å². The molecule has 2 heterocycles. The highest BCUT2D eigenvalue weighted by Crippen LogP contribution is 2.37. The molecule has 0 unspecified atom stereocenters. The van der Waals surface area contributed by atoms with Crippen molar-refractivity contribution in [2.75, 3.05) is 5.32 Å².